The Bertz CT molecular complexity index is 1550. The van der Waals surface area contributed by atoms with Gasteiger partial charge in [0, 0.05) is 39.1 Å². The maximum Gasteiger partial charge on any atom is 0.262 e. The topological polar surface area (TPSA) is 58.7 Å². The van der Waals surface area contributed by atoms with Crippen molar-refractivity contribution < 1.29 is 0 Å². The van der Waals surface area contributed by atoms with Crippen molar-refractivity contribution >= 4 is 16.7 Å². The summed E-state index contributed by atoms with van der Waals surface area (Å²) >= 11 is 0. The molecule has 0 N–H and O–H groups in total. The van der Waals surface area contributed by atoms with Crippen LogP contribution in [0.4, 0.5) is 0 Å². The van der Waals surface area contributed by atoms with Crippen molar-refractivity contribution in [3.05, 3.63) is 112 Å². The van der Waals surface area contributed by atoms with Gasteiger partial charge in [0.1, 0.15) is 5.82 Å². The second-order valence-electron chi connectivity index (χ2n) is 10.4. The molecule has 200 valence electrons. The molecule has 7 heteroatoms. The monoisotopic (exact) mass is 520 g/mol. The van der Waals surface area contributed by atoms with Crippen molar-refractivity contribution in [3.63, 3.8) is 0 Å². The van der Waals surface area contributed by atoms with Gasteiger partial charge in [-0.05, 0) is 42.6 Å². The summed E-state index contributed by atoms with van der Waals surface area (Å²) < 4.78 is 3.90. The molecule has 1 aliphatic heterocycles. The Balaban J connectivity index is 1.15. The summed E-state index contributed by atoms with van der Waals surface area (Å²) in [4.78, 5) is 18.6. The Labute approximate surface area is 229 Å². The van der Waals surface area contributed by atoms with E-state index in [4.69, 9.17) is 0 Å². The SMILES string of the molecule is CCCc1nnc2n(CCCN3CCN(C(c4ccccc4)c4ccccc4)CC3)c(=O)c3ccccc3n12. The van der Waals surface area contributed by atoms with Crippen molar-refractivity contribution in [2.75, 3.05) is 32.7 Å². The van der Waals surface area contributed by atoms with Crippen LogP contribution in [0, 0.1) is 0 Å². The van der Waals surface area contributed by atoms with Crippen LogP contribution in [0.3, 0.4) is 0 Å². The molecule has 0 radical (unpaired) electrons. The first kappa shape index (κ1) is 25.5. The predicted molar refractivity (Wildman–Crippen MR) is 156 cm³/mol. The summed E-state index contributed by atoms with van der Waals surface area (Å²) in [6, 6.07) is 29.7. The largest absolute Gasteiger partial charge is 0.301 e. The van der Waals surface area contributed by atoms with Gasteiger partial charge < -0.3 is 4.90 Å². The number of nitrogens with zero attached hydrogens (tertiary/aromatic N) is 6. The zero-order valence-electron chi connectivity index (χ0n) is 22.6. The van der Waals surface area contributed by atoms with Gasteiger partial charge >= 0.3 is 0 Å². The number of aromatic nitrogens is 4. The first-order chi connectivity index (χ1) is 19.2. The molecule has 3 aromatic carbocycles. The van der Waals surface area contributed by atoms with Gasteiger partial charge in [-0.1, -0.05) is 79.7 Å². The number of para-hydroxylation sites is 1. The molecule has 3 heterocycles. The third-order valence-electron chi connectivity index (χ3n) is 7.91. The fraction of sp³-hybridized carbons (Fsp3) is 0.344. The Morgan fingerprint density at radius 2 is 1.41 bits per heavy atom. The van der Waals surface area contributed by atoms with E-state index in [1.54, 1.807) is 0 Å². The van der Waals surface area contributed by atoms with Gasteiger partial charge in [0.2, 0.25) is 5.78 Å². The zero-order chi connectivity index (χ0) is 26.6. The Morgan fingerprint density at radius 1 is 0.769 bits per heavy atom. The van der Waals surface area contributed by atoms with Gasteiger partial charge in [0.05, 0.1) is 16.9 Å². The van der Waals surface area contributed by atoms with Crippen molar-refractivity contribution in [1.29, 1.82) is 0 Å². The first-order valence-electron chi connectivity index (χ1n) is 14.2. The molecule has 0 spiro atoms. The average molecular weight is 521 g/mol. The standard InChI is InChI=1S/C32H36N6O/c1-2-12-29-33-34-32-37(31(39)27-17-9-10-18-28(27)38(29)32)20-11-19-35-21-23-36(24-22-35)30(25-13-5-3-6-14-25)26-15-7-4-8-16-26/h3-10,13-18,30H,2,11-12,19-24H2,1H3. The molecule has 0 atom stereocenters. The van der Waals surface area contributed by atoms with Gasteiger partial charge in [0.25, 0.3) is 5.56 Å². The Kier molecular flexibility index (Phi) is 7.52. The number of piperazine rings is 1. The van der Waals surface area contributed by atoms with Crippen molar-refractivity contribution in [2.45, 2.75) is 38.8 Å². The molecule has 2 aromatic heterocycles. The lowest BCUT2D eigenvalue weighted by atomic mass is 9.96. The summed E-state index contributed by atoms with van der Waals surface area (Å²) in [5.74, 6) is 1.57. The molecular weight excluding hydrogens is 484 g/mol. The van der Waals surface area contributed by atoms with Gasteiger partial charge in [-0.2, -0.15) is 0 Å². The molecule has 1 saturated heterocycles. The molecule has 0 saturated carbocycles. The molecule has 0 bridgehead atoms. The third-order valence-corrected chi connectivity index (χ3v) is 7.91. The van der Waals surface area contributed by atoms with Crippen LogP contribution >= 0.6 is 0 Å². The number of hydrogen-bond acceptors (Lipinski definition) is 5. The Hall–Kier alpha value is -3.81. The molecule has 0 aliphatic carbocycles. The highest BCUT2D eigenvalue weighted by Crippen LogP contribution is 2.29. The van der Waals surface area contributed by atoms with E-state index in [1.807, 2.05) is 28.8 Å². The maximum absolute atomic E-state index is 13.4. The van der Waals surface area contributed by atoms with Gasteiger partial charge in [-0.15, -0.1) is 10.2 Å². The first-order valence-corrected chi connectivity index (χ1v) is 14.2. The molecule has 39 heavy (non-hydrogen) atoms. The molecule has 5 aromatic rings. The van der Waals surface area contributed by atoms with E-state index in [-0.39, 0.29) is 11.6 Å². The minimum absolute atomic E-state index is 0.0203. The lowest BCUT2D eigenvalue weighted by molar-refractivity contribution is 0.108. The van der Waals surface area contributed by atoms with E-state index in [0.29, 0.717) is 12.3 Å². The van der Waals surface area contributed by atoms with Gasteiger partial charge in [-0.3, -0.25) is 18.7 Å². The summed E-state index contributed by atoms with van der Waals surface area (Å²) in [6.45, 7) is 7.79. The molecule has 0 amide bonds. The summed E-state index contributed by atoms with van der Waals surface area (Å²) in [5.41, 5.74) is 3.59. The summed E-state index contributed by atoms with van der Waals surface area (Å²) in [5, 5.41) is 9.63. The predicted octanol–water partition coefficient (Wildman–Crippen LogP) is 4.79. The average Bonchev–Trinajstić information content (AvgIpc) is 3.41. The van der Waals surface area contributed by atoms with Crippen LogP contribution < -0.4 is 5.56 Å². The van der Waals surface area contributed by atoms with E-state index in [9.17, 15) is 4.79 Å². The van der Waals surface area contributed by atoms with Crippen LogP contribution in [-0.4, -0.2) is 61.7 Å². The highest BCUT2D eigenvalue weighted by Gasteiger charge is 2.26. The normalized spacial score (nSPS) is 15.0. The highest BCUT2D eigenvalue weighted by atomic mass is 16.1. The molecule has 6 rings (SSSR count). The smallest absolute Gasteiger partial charge is 0.262 e. The third kappa shape index (κ3) is 5.12. The van der Waals surface area contributed by atoms with Crippen LogP contribution in [0.2, 0.25) is 0 Å². The number of fused-ring (bicyclic) bond motifs is 3. The number of rotatable bonds is 9. The van der Waals surface area contributed by atoms with E-state index >= 15 is 0 Å². The highest BCUT2D eigenvalue weighted by molar-refractivity contribution is 5.80. The minimum atomic E-state index is 0.0203. The summed E-state index contributed by atoms with van der Waals surface area (Å²) in [6.07, 6.45) is 2.71. The quantitative estimate of drug-likeness (QED) is 0.280. The van der Waals surface area contributed by atoms with Gasteiger partial charge in [-0.25, -0.2) is 0 Å². The number of benzene rings is 3. The molecule has 1 aliphatic rings. The van der Waals surface area contributed by atoms with Crippen LogP contribution in [0.25, 0.3) is 16.7 Å². The van der Waals surface area contributed by atoms with E-state index in [0.717, 1.165) is 68.7 Å². The molecular formula is C32H36N6O. The fourth-order valence-corrected chi connectivity index (χ4v) is 5.98. The van der Waals surface area contributed by atoms with Crippen molar-refractivity contribution in [2.24, 2.45) is 0 Å². The van der Waals surface area contributed by atoms with Crippen LogP contribution in [0.15, 0.2) is 89.7 Å². The number of hydrogen-bond donors (Lipinski definition) is 0. The van der Waals surface area contributed by atoms with Crippen LogP contribution in [-0.2, 0) is 13.0 Å². The molecule has 0 unspecified atom stereocenters. The lowest BCUT2D eigenvalue weighted by Gasteiger charge is -2.39. The van der Waals surface area contributed by atoms with E-state index in [2.05, 4.69) is 92.0 Å². The maximum atomic E-state index is 13.4. The molecule has 7 nitrogen and oxygen atoms in total. The summed E-state index contributed by atoms with van der Waals surface area (Å²) in [7, 11) is 0. The zero-order valence-corrected chi connectivity index (χ0v) is 22.6. The van der Waals surface area contributed by atoms with E-state index in [1.165, 1.54) is 11.1 Å². The molecule has 1 fully saturated rings. The van der Waals surface area contributed by atoms with Crippen molar-refractivity contribution in [3.8, 4) is 0 Å². The second kappa shape index (κ2) is 11.5. The van der Waals surface area contributed by atoms with Crippen LogP contribution in [0.1, 0.15) is 42.8 Å². The number of aryl methyl sites for hydroxylation is 2. The van der Waals surface area contributed by atoms with E-state index < -0.39 is 0 Å². The fourth-order valence-electron chi connectivity index (χ4n) is 5.98. The lowest BCUT2D eigenvalue weighted by Crippen LogP contribution is -2.48. The minimum Gasteiger partial charge on any atom is -0.301 e. The Morgan fingerprint density at radius 3 is 2.08 bits per heavy atom. The van der Waals surface area contributed by atoms with Gasteiger partial charge in [0.15, 0.2) is 0 Å². The second-order valence-corrected chi connectivity index (χ2v) is 10.4. The van der Waals surface area contributed by atoms with Crippen LogP contribution in [0.5, 0.6) is 0 Å². The van der Waals surface area contributed by atoms with Crippen molar-refractivity contribution in [1.82, 2.24) is 29.0 Å².